The van der Waals surface area contributed by atoms with Crippen molar-refractivity contribution in [3.8, 4) is 0 Å². The molecule has 1 aromatic rings. The number of nitrogens with one attached hydrogen (secondary N) is 1. The van der Waals surface area contributed by atoms with Crippen LogP contribution in [0.15, 0.2) is 17.5 Å². The lowest BCUT2D eigenvalue weighted by atomic mass is 10.1. The van der Waals surface area contributed by atoms with E-state index in [1.54, 1.807) is 11.3 Å². The fourth-order valence-corrected chi connectivity index (χ4v) is 2.79. The number of rotatable bonds is 8. The van der Waals surface area contributed by atoms with Crippen molar-refractivity contribution in [1.29, 1.82) is 0 Å². The largest absolute Gasteiger partial charge is 0.396 e. The van der Waals surface area contributed by atoms with Gasteiger partial charge in [0.05, 0.1) is 0 Å². The SMILES string of the molecule is CCCC(CC)NC(CCO)c1cccs1. The zero-order valence-electron chi connectivity index (χ0n) is 10.3. The fourth-order valence-electron chi connectivity index (χ4n) is 1.96. The molecule has 0 aliphatic rings. The van der Waals surface area contributed by atoms with Gasteiger partial charge in [-0.3, -0.25) is 0 Å². The fraction of sp³-hybridized carbons (Fsp3) is 0.692. The van der Waals surface area contributed by atoms with Gasteiger partial charge in [-0.15, -0.1) is 11.3 Å². The van der Waals surface area contributed by atoms with Crippen LogP contribution in [0.1, 0.15) is 50.4 Å². The van der Waals surface area contributed by atoms with Gasteiger partial charge in [0.25, 0.3) is 0 Å². The molecule has 0 saturated carbocycles. The number of thiophene rings is 1. The monoisotopic (exact) mass is 241 g/mol. The quantitative estimate of drug-likeness (QED) is 0.731. The number of hydrogen-bond donors (Lipinski definition) is 2. The lowest BCUT2D eigenvalue weighted by Crippen LogP contribution is -2.32. The molecule has 0 radical (unpaired) electrons. The van der Waals surface area contributed by atoms with Crippen LogP contribution >= 0.6 is 11.3 Å². The van der Waals surface area contributed by atoms with Crippen LogP contribution in [0.4, 0.5) is 0 Å². The Morgan fingerprint density at radius 1 is 1.38 bits per heavy atom. The molecule has 0 aliphatic carbocycles. The standard InChI is InChI=1S/C13H23NOS/c1-3-6-11(4-2)14-12(8-9-15)13-7-5-10-16-13/h5,7,10-12,14-15H,3-4,6,8-9H2,1-2H3. The smallest absolute Gasteiger partial charge is 0.0449 e. The van der Waals surface area contributed by atoms with Gasteiger partial charge in [-0.05, 0) is 30.7 Å². The second-order valence-electron chi connectivity index (χ2n) is 4.14. The summed E-state index contributed by atoms with van der Waals surface area (Å²) in [5.74, 6) is 0. The topological polar surface area (TPSA) is 32.3 Å². The lowest BCUT2D eigenvalue weighted by molar-refractivity contribution is 0.257. The third-order valence-electron chi connectivity index (χ3n) is 2.87. The Balaban J connectivity index is 2.56. The number of hydrogen-bond acceptors (Lipinski definition) is 3. The molecule has 0 bridgehead atoms. The molecule has 0 saturated heterocycles. The van der Waals surface area contributed by atoms with E-state index in [-0.39, 0.29) is 6.61 Å². The van der Waals surface area contributed by atoms with E-state index in [2.05, 4.69) is 36.7 Å². The van der Waals surface area contributed by atoms with Gasteiger partial charge >= 0.3 is 0 Å². The van der Waals surface area contributed by atoms with Gasteiger partial charge in [-0.2, -0.15) is 0 Å². The Hall–Kier alpha value is -0.380. The minimum absolute atomic E-state index is 0.248. The molecule has 2 nitrogen and oxygen atoms in total. The minimum Gasteiger partial charge on any atom is -0.396 e. The maximum absolute atomic E-state index is 9.12. The molecule has 0 fully saturated rings. The highest BCUT2D eigenvalue weighted by molar-refractivity contribution is 7.10. The van der Waals surface area contributed by atoms with Crippen molar-refractivity contribution in [2.45, 2.75) is 51.6 Å². The first-order valence-corrected chi connectivity index (χ1v) is 7.10. The Labute approximate surface area is 103 Å². The first kappa shape index (κ1) is 13.7. The molecule has 0 aliphatic heterocycles. The predicted molar refractivity (Wildman–Crippen MR) is 70.9 cm³/mol. The van der Waals surface area contributed by atoms with Crippen LogP contribution in [-0.4, -0.2) is 17.8 Å². The van der Waals surface area contributed by atoms with E-state index >= 15 is 0 Å². The van der Waals surface area contributed by atoms with E-state index in [0.29, 0.717) is 12.1 Å². The molecule has 16 heavy (non-hydrogen) atoms. The molecule has 2 unspecified atom stereocenters. The third-order valence-corrected chi connectivity index (χ3v) is 3.86. The third kappa shape index (κ3) is 4.24. The van der Waals surface area contributed by atoms with E-state index in [4.69, 9.17) is 5.11 Å². The number of aliphatic hydroxyl groups is 1. The molecule has 2 atom stereocenters. The van der Waals surface area contributed by atoms with Gasteiger partial charge in [0.15, 0.2) is 0 Å². The van der Waals surface area contributed by atoms with Crippen molar-refractivity contribution in [1.82, 2.24) is 5.32 Å². The van der Waals surface area contributed by atoms with Crippen molar-refractivity contribution in [3.63, 3.8) is 0 Å². The van der Waals surface area contributed by atoms with E-state index in [1.807, 2.05) is 0 Å². The molecule has 1 aromatic heterocycles. The molecular weight excluding hydrogens is 218 g/mol. The summed E-state index contributed by atoms with van der Waals surface area (Å²) in [7, 11) is 0. The molecule has 1 heterocycles. The highest BCUT2D eigenvalue weighted by atomic mass is 32.1. The summed E-state index contributed by atoms with van der Waals surface area (Å²) in [5.41, 5.74) is 0. The molecule has 0 aromatic carbocycles. The summed E-state index contributed by atoms with van der Waals surface area (Å²) in [6.45, 7) is 4.69. The van der Waals surface area contributed by atoms with Gasteiger partial charge in [0.2, 0.25) is 0 Å². The minimum atomic E-state index is 0.248. The van der Waals surface area contributed by atoms with Gasteiger partial charge in [-0.1, -0.05) is 26.3 Å². The summed E-state index contributed by atoms with van der Waals surface area (Å²) < 4.78 is 0. The number of aliphatic hydroxyl groups excluding tert-OH is 1. The summed E-state index contributed by atoms with van der Waals surface area (Å²) in [6, 6.07) is 5.12. The van der Waals surface area contributed by atoms with E-state index in [9.17, 15) is 0 Å². The lowest BCUT2D eigenvalue weighted by Gasteiger charge is -2.23. The average Bonchev–Trinajstić information content (AvgIpc) is 2.81. The zero-order valence-corrected chi connectivity index (χ0v) is 11.1. The summed E-state index contributed by atoms with van der Waals surface area (Å²) in [6.07, 6.45) is 4.38. The Morgan fingerprint density at radius 2 is 2.19 bits per heavy atom. The Morgan fingerprint density at radius 3 is 2.69 bits per heavy atom. The average molecular weight is 241 g/mol. The van der Waals surface area contributed by atoms with Gasteiger partial charge < -0.3 is 10.4 Å². The molecule has 3 heteroatoms. The first-order valence-electron chi connectivity index (χ1n) is 6.22. The van der Waals surface area contributed by atoms with Crippen LogP contribution in [-0.2, 0) is 0 Å². The van der Waals surface area contributed by atoms with Crippen LogP contribution in [0.5, 0.6) is 0 Å². The second kappa shape index (κ2) is 7.82. The van der Waals surface area contributed by atoms with Crippen molar-refractivity contribution in [3.05, 3.63) is 22.4 Å². The normalized spacial score (nSPS) is 14.9. The predicted octanol–water partition coefficient (Wildman–Crippen LogP) is 3.34. The molecule has 0 amide bonds. The van der Waals surface area contributed by atoms with Gasteiger partial charge in [0, 0.05) is 23.6 Å². The zero-order chi connectivity index (χ0) is 11.8. The van der Waals surface area contributed by atoms with Crippen LogP contribution in [0, 0.1) is 0 Å². The van der Waals surface area contributed by atoms with E-state index in [1.165, 1.54) is 17.7 Å². The molecule has 92 valence electrons. The maximum atomic E-state index is 9.12. The van der Waals surface area contributed by atoms with Crippen molar-refractivity contribution < 1.29 is 5.11 Å². The molecule has 1 rings (SSSR count). The van der Waals surface area contributed by atoms with Crippen LogP contribution in [0.25, 0.3) is 0 Å². The van der Waals surface area contributed by atoms with Gasteiger partial charge in [-0.25, -0.2) is 0 Å². The van der Waals surface area contributed by atoms with E-state index < -0.39 is 0 Å². The van der Waals surface area contributed by atoms with Gasteiger partial charge in [0.1, 0.15) is 0 Å². The molecule has 2 N–H and O–H groups in total. The Kier molecular flexibility index (Phi) is 6.69. The highest BCUT2D eigenvalue weighted by Crippen LogP contribution is 2.23. The van der Waals surface area contributed by atoms with Crippen LogP contribution < -0.4 is 5.32 Å². The van der Waals surface area contributed by atoms with Crippen molar-refractivity contribution in [2.24, 2.45) is 0 Å². The maximum Gasteiger partial charge on any atom is 0.0449 e. The van der Waals surface area contributed by atoms with Crippen LogP contribution in [0.3, 0.4) is 0 Å². The van der Waals surface area contributed by atoms with E-state index in [0.717, 1.165) is 12.8 Å². The Bertz CT molecular complexity index is 261. The highest BCUT2D eigenvalue weighted by Gasteiger charge is 2.15. The first-order chi connectivity index (χ1) is 7.81. The molecule has 0 spiro atoms. The summed E-state index contributed by atoms with van der Waals surface area (Å²) in [5, 5.41) is 14.9. The van der Waals surface area contributed by atoms with Crippen molar-refractivity contribution >= 4 is 11.3 Å². The summed E-state index contributed by atoms with van der Waals surface area (Å²) in [4.78, 5) is 1.34. The van der Waals surface area contributed by atoms with Crippen molar-refractivity contribution in [2.75, 3.05) is 6.61 Å². The second-order valence-corrected chi connectivity index (χ2v) is 5.12. The summed E-state index contributed by atoms with van der Waals surface area (Å²) >= 11 is 1.77. The molecular formula is C13H23NOS. The van der Waals surface area contributed by atoms with Crippen LogP contribution in [0.2, 0.25) is 0 Å².